The molecule has 19 heavy (non-hydrogen) atoms. The minimum absolute atomic E-state index is 0.0574. The number of hydrogen-bond acceptors (Lipinski definition) is 5. The van der Waals surface area contributed by atoms with Crippen LogP contribution in [-0.4, -0.2) is 39.1 Å². The summed E-state index contributed by atoms with van der Waals surface area (Å²) in [5, 5.41) is 0. The van der Waals surface area contributed by atoms with Crippen LogP contribution in [0.5, 0.6) is 5.75 Å². The molecule has 1 atom stereocenters. The smallest absolute Gasteiger partial charge is 0.318 e. The maximum absolute atomic E-state index is 11.8. The van der Waals surface area contributed by atoms with E-state index in [0.29, 0.717) is 19.5 Å². The van der Waals surface area contributed by atoms with Crippen molar-refractivity contribution in [2.24, 2.45) is 5.92 Å². The molecule has 0 saturated carbocycles. The van der Waals surface area contributed by atoms with E-state index >= 15 is 0 Å². The Hall–Kier alpha value is -2.04. The molecule has 0 aliphatic carbocycles. The van der Waals surface area contributed by atoms with Gasteiger partial charge < -0.3 is 14.4 Å². The molecule has 0 bridgehead atoms. The number of piperidine rings is 1. The van der Waals surface area contributed by atoms with Gasteiger partial charge in [-0.15, -0.1) is 0 Å². The van der Waals surface area contributed by atoms with Crippen molar-refractivity contribution in [3.05, 3.63) is 24.3 Å². The van der Waals surface area contributed by atoms with Gasteiger partial charge in [0.25, 0.3) is 0 Å². The Balaban J connectivity index is 2.22. The largest absolute Gasteiger partial charge is 0.495 e. The summed E-state index contributed by atoms with van der Waals surface area (Å²) in [4.78, 5) is 25.4. The number of benzene rings is 1. The molecule has 1 aliphatic heterocycles. The van der Waals surface area contributed by atoms with Gasteiger partial charge in [-0.05, 0) is 12.1 Å². The number of esters is 1. The summed E-state index contributed by atoms with van der Waals surface area (Å²) < 4.78 is 9.99. The van der Waals surface area contributed by atoms with Gasteiger partial charge in [-0.1, -0.05) is 12.1 Å². The van der Waals surface area contributed by atoms with E-state index in [1.54, 1.807) is 7.11 Å². The van der Waals surface area contributed by atoms with Crippen LogP contribution in [0.25, 0.3) is 0 Å². The second kappa shape index (κ2) is 5.73. The van der Waals surface area contributed by atoms with Gasteiger partial charge in [0.1, 0.15) is 11.7 Å². The van der Waals surface area contributed by atoms with E-state index in [9.17, 15) is 9.59 Å². The SMILES string of the molecule is COC(=O)C1CN(c2ccccc2OC)CCC1=O. The Morgan fingerprint density at radius 2 is 2.05 bits per heavy atom. The summed E-state index contributed by atoms with van der Waals surface area (Å²) in [5.41, 5.74) is 0.895. The molecule has 0 N–H and O–H groups in total. The van der Waals surface area contributed by atoms with E-state index in [-0.39, 0.29) is 5.78 Å². The molecule has 1 heterocycles. The van der Waals surface area contributed by atoms with Crippen molar-refractivity contribution in [2.45, 2.75) is 6.42 Å². The lowest BCUT2D eigenvalue weighted by Gasteiger charge is -2.32. The van der Waals surface area contributed by atoms with Crippen LogP contribution < -0.4 is 9.64 Å². The Labute approximate surface area is 112 Å². The number of Topliss-reactive ketones (excluding diaryl/α,β-unsaturated/α-hetero) is 1. The molecule has 5 heteroatoms. The maximum atomic E-state index is 11.8. The van der Waals surface area contributed by atoms with E-state index in [1.165, 1.54) is 7.11 Å². The zero-order chi connectivity index (χ0) is 13.8. The second-order valence-electron chi connectivity index (χ2n) is 4.41. The highest BCUT2D eigenvalue weighted by molar-refractivity contribution is 6.00. The fourth-order valence-electron chi connectivity index (χ4n) is 2.29. The van der Waals surface area contributed by atoms with Crippen LogP contribution in [0.3, 0.4) is 0 Å². The van der Waals surface area contributed by atoms with Gasteiger partial charge in [0.2, 0.25) is 0 Å². The first-order chi connectivity index (χ1) is 9.17. The van der Waals surface area contributed by atoms with Crippen molar-refractivity contribution in [3.8, 4) is 5.75 Å². The van der Waals surface area contributed by atoms with Crippen molar-refractivity contribution in [2.75, 3.05) is 32.2 Å². The summed E-state index contributed by atoms with van der Waals surface area (Å²) in [7, 11) is 2.91. The molecule has 102 valence electrons. The molecule has 1 unspecified atom stereocenters. The Morgan fingerprint density at radius 1 is 1.32 bits per heavy atom. The molecule has 0 spiro atoms. The highest BCUT2D eigenvalue weighted by Gasteiger charge is 2.34. The lowest BCUT2D eigenvalue weighted by molar-refractivity contribution is -0.149. The van der Waals surface area contributed by atoms with Gasteiger partial charge in [-0.2, -0.15) is 0 Å². The number of rotatable bonds is 3. The Bertz CT molecular complexity index is 478. The average molecular weight is 263 g/mol. The fourth-order valence-corrected chi connectivity index (χ4v) is 2.29. The Kier molecular flexibility index (Phi) is 4.04. The van der Waals surface area contributed by atoms with Crippen LogP contribution in [0.1, 0.15) is 6.42 Å². The predicted octanol–water partition coefficient (Wildman–Crippen LogP) is 1.26. The first-order valence-electron chi connectivity index (χ1n) is 6.16. The first kappa shape index (κ1) is 13.4. The number of ether oxygens (including phenoxy) is 2. The number of nitrogens with zero attached hydrogens (tertiary/aromatic N) is 1. The van der Waals surface area contributed by atoms with E-state index in [2.05, 4.69) is 4.74 Å². The van der Waals surface area contributed by atoms with Gasteiger partial charge >= 0.3 is 5.97 Å². The van der Waals surface area contributed by atoms with Crippen molar-refractivity contribution in [1.29, 1.82) is 0 Å². The second-order valence-corrected chi connectivity index (χ2v) is 4.41. The minimum atomic E-state index is -0.705. The summed E-state index contributed by atoms with van der Waals surface area (Å²) in [5.74, 6) is -0.494. The number of anilines is 1. The topological polar surface area (TPSA) is 55.8 Å². The van der Waals surface area contributed by atoms with Gasteiger partial charge in [0.15, 0.2) is 5.78 Å². The van der Waals surface area contributed by atoms with Crippen LogP contribution in [0, 0.1) is 5.92 Å². The highest BCUT2D eigenvalue weighted by Crippen LogP contribution is 2.30. The van der Waals surface area contributed by atoms with E-state index in [4.69, 9.17) is 4.74 Å². The van der Waals surface area contributed by atoms with E-state index in [1.807, 2.05) is 29.2 Å². The number of para-hydroxylation sites is 2. The number of methoxy groups -OCH3 is 2. The highest BCUT2D eigenvalue weighted by atomic mass is 16.5. The summed E-state index contributed by atoms with van der Waals surface area (Å²) >= 11 is 0. The summed E-state index contributed by atoms with van der Waals surface area (Å²) in [6, 6.07) is 7.57. The molecule has 0 amide bonds. The first-order valence-corrected chi connectivity index (χ1v) is 6.16. The molecule has 1 aromatic carbocycles. The predicted molar refractivity (Wildman–Crippen MR) is 70.3 cm³/mol. The number of carbonyl (C=O) groups is 2. The number of ketones is 1. The van der Waals surface area contributed by atoms with E-state index < -0.39 is 11.9 Å². The lowest BCUT2D eigenvalue weighted by Crippen LogP contribution is -2.44. The number of carbonyl (C=O) groups excluding carboxylic acids is 2. The van der Waals surface area contributed by atoms with Crippen molar-refractivity contribution in [3.63, 3.8) is 0 Å². The molecule has 1 fully saturated rings. The van der Waals surface area contributed by atoms with Gasteiger partial charge in [0.05, 0.1) is 19.9 Å². The molecule has 1 saturated heterocycles. The third kappa shape index (κ3) is 2.70. The lowest BCUT2D eigenvalue weighted by atomic mass is 9.96. The number of hydrogen-bond donors (Lipinski definition) is 0. The monoisotopic (exact) mass is 263 g/mol. The molecule has 1 aromatic rings. The summed E-state index contributed by atoms with van der Waals surface area (Å²) in [6.45, 7) is 0.929. The van der Waals surface area contributed by atoms with Crippen LogP contribution in [0.4, 0.5) is 5.69 Å². The van der Waals surface area contributed by atoms with Crippen LogP contribution in [0.15, 0.2) is 24.3 Å². The quantitative estimate of drug-likeness (QED) is 0.607. The van der Waals surface area contributed by atoms with Crippen molar-refractivity contribution >= 4 is 17.4 Å². The third-order valence-electron chi connectivity index (χ3n) is 3.33. The normalized spacial score (nSPS) is 19.2. The van der Waals surface area contributed by atoms with Gasteiger partial charge in [-0.25, -0.2) is 0 Å². The minimum Gasteiger partial charge on any atom is -0.495 e. The summed E-state index contributed by atoms with van der Waals surface area (Å²) in [6.07, 6.45) is 0.345. The van der Waals surface area contributed by atoms with Gasteiger partial charge in [-0.3, -0.25) is 9.59 Å². The molecule has 1 aliphatic rings. The third-order valence-corrected chi connectivity index (χ3v) is 3.33. The molecular formula is C14H17NO4. The molecule has 2 rings (SSSR count). The van der Waals surface area contributed by atoms with Crippen LogP contribution in [-0.2, 0) is 14.3 Å². The van der Waals surface area contributed by atoms with Crippen molar-refractivity contribution < 1.29 is 19.1 Å². The molecule has 0 aromatic heterocycles. The van der Waals surface area contributed by atoms with Crippen LogP contribution in [0.2, 0.25) is 0 Å². The fraction of sp³-hybridized carbons (Fsp3) is 0.429. The van der Waals surface area contributed by atoms with Gasteiger partial charge in [0, 0.05) is 19.5 Å². The zero-order valence-corrected chi connectivity index (χ0v) is 11.1. The Morgan fingerprint density at radius 3 is 2.74 bits per heavy atom. The maximum Gasteiger partial charge on any atom is 0.318 e. The molecule has 0 radical (unpaired) electrons. The average Bonchev–Trinajstić information content (AvgIpc) is 2.47. The molecular weight excluding hydrogens is 246 g/mol. The standard InChI is InChI=1S/C14H17NO4/c1-18-13-6-4-3-5-11(13)15-8-7-12(16)10(9-15)14(17)19-2/h3-6,10H,7-9H2,1-2H3. The molecule has 5 nitrogen and oxygen atoms in total. The zero-order valence-electron chi connectivity index (χ0n) is 11.1. The van der Waals surface area contributed by atoms with Crippen molar-refractivity contribution in [1.82, 2.24) is 0 Å². The van der Waals surface area contributed by atoms with E-state index in [0.717, 1.165) is 11.4 Å². The van der Waals surface area contributed by atoms with Crippen LogP contribution >= 0.6 is 0 Å².